The number of halogens is 3. The summed E-state index contributed by atoms with van der Waals surface area (Å²) in [6.07, 6.45) is -4.01. The van der Waals surface area contributed by atoms with Crippen LogP contribution in [0.4, 0.5) is 23.8 Å². The number of alkyl halides is 3. The normalized spacial score (nSPS) is 13.1. The molecule has 0 saturated heterocycles. The Morgan fingerprint density at radius 3 is 2.24 bits per heavy atom. The number of rotatable bonds is 5. The van der Waals surface area contributed by atoms with Gasteiger partial charge in [-0.2, -0.15) is 18.3 Å². The lowest BCUT2D eigenvalue weighted by Crippen LogP contribution is -2.31. The van der Waals surface area contributed by atoms with E-state index in [0.29, 0.717) is 11.8 Å². The van der Waals surface area contributed by atoms with E-state index in [9.17, 15) is 27.9 Å². The zero-order valence-electron chi connectivity index (χ0n) is 16.5. The van der Waals surface area contributed by atoms with Crippen molar-refractivity contribution in [1.82, 2.24) is 15.1 Å². The van der Waals surface area contributed by atoms with Crippen LogP contribution in [0.25, 0.3) is 0 Å². The maximum Gasteiger partial charge on any atom is 0.416 e. The average molecular weight is 412 g/mol. The predicted octanol–water partition coefficient (Wildman–Crippen LogP) is 3.59. The van der Waals surface area contributed by atoms with E-state index in [1.165, 1.54) is 23.9 Å². The zero-order valence-corrected chi connectivity index (χ0v) is 16.5. The van der Waals surface area contributed by atoms with Gasteiger partial charge in [0.1, 0.15) is 11.5 Å². The number of hydrogen-bond acceptors (Lipinski definition) is 4. The molecule has 1 heterocycles. The molecule has 0 aliphatic carbocycles. The van der Waals surface area contributed by atoms with E-state index in [2.05, 4.69) is 15.7 Å². The predicted molar refractivity (Wildman–Crippen MR) is 101 cm³/mol. The largest absolute Gasteiger partial charge is 0.416 e. The number of hydrogen-bond donors (Lipinski definition) is 3. The van der Waals surface area contributed by atoms with Gasteiger partial charge in [0, 0.05) is 7.05 Å². The summed E-state index contributed by atoms with van der Waals surface area (Å²) < 4.78 is 40.2. The minimum Gasteiger partial charge on any atom is -0.390 e. The summed E-state index contributed by atoms with van der Waals surface area (Å²) in [7, 11) is 1.39. The van der Waals surface area contributed by atoms with Crippen molar-refractivity contribution in [3.63, 3.8) is 0 Å². The molecule has 10 heteroatoms. The van der Waals surface area contributed by atoms with Gasteiger partial charge in [-0.3, -0.25) is 10.1 Å². The Morgan fingerprint density at radius 2 is 1.83 bits per heavy atom. The third-order valence-electron chi connectivity index (χ3n) is 4.37. The smallest absolute Gasteiger partial charge is 0.390 e. The van der Waals surface area contributed by atoms with Crippen LogP contribution in [-0.4, -0.2) is 34.3 Å². The van der Waals surface area contributed by atoms with Crippen molar-refractivity contribution in [3.8, 4) is 0 Å². The monoisotopic (exact) mass is 412 g/mol. The van der Waals surface area contributed by atoms with Crippen LogP contribution in [0.2, 0.25) is 0 Å². The van der Waals surface area contributed by atoms with E-state index in [1.54, 1.807) is 0 Å². The van der Waals surface area contributed by atoms with Crippen LogP contribution < -0.4 is 10.6 Å². The van der Waals surface area contributed by atoms with E-state index < -0.39 is 35.8 Å². The number of nitrogens with one attached hydrogen (secondary N) is 2. The molecule has 1 aromatic heterocycles. The van der Waals surface area contributed by atoms with Gasteiger partial charge in [-0.05, 0) is 23.1 Å². The molecular formula is C19H23F3N4O3. The van der Waals surface area contributed by atoms with Crippen LogP contribution in [0.15, 0.2) is 24.3 Å². The highest BCUT2D eigenvalue weighted by Gasteiger charge is 2.35. The Hall–Kier alpha value is -2.88. The van der Waals surface area contributed by atoms with Crippen LogP contribution in [-0.2, 0) is 12.8 Å². The Balaban J connectivity index is 2.68. The maximum absolute atomic E-state index is 12.9. The Labute approximate surface area is 165 Å². The molecule has 1 unspecified atom stereocenters. The van der Waals surface area contributed by atoms with Crippen molar-refractivity contribution in [1.29, 1.82) is 0 Å². The van der Waals surface area contributed by atoms with E-state index in [0.717, 1.165) is 12.1 Å². The number of anilines is 1. The van der Waals surface area contributed by atoms with Crippen molar-refractivity contribution in [2.45, 2.75) is 39.6 Å². The third kappa shape index (κ3) is 4.76. The van der Waals surface area contributed by atoms with Crippen LogP contribution in [0.3, 0.4) is 0 Å². The number of carbonyl (C=O) groups is 2. The van der Waals surface area contributed by atoms with Gasteiger partial charge >= 0.3 is 12.2 Å². The van der Waals surface area contributed by atoms with Crippen LogP contribution in [0.5, 0.6) is 0 Å². The first-order valence-electron chi connectivity index (χ1n) is 8.77. The van der Waals surface area contributed by atoms with Crippen LogP contribution >= 0.6 is 0 Å². The molecule has 2 amide bonds. The molecule has 158 valence electrons. The lowest BCUT2D eigenvalue weighted by molar-refractivity contribution is -0.137. The summed E-state index contributed by atoms with van der Waals surface area (Å²) in [5.41, 5.74) is -0.819. The zero-order chi connectivity index (χ0) is 22.0. The van der Waals surface area contributed by atoms with Gasteiger partial charge < -0.3 is 10.4 Å². The number of aromatic nitrogens is 2. The molecule has 0 aliphatic heterocycles. The number of aliphatic hydroxyl groups excluding tert-OH is 1. The van der Waals surface area contributed by atoms with Crippen LogP contribution in [0, 0.1) is 5.41 Å². The number of aliphatic hydroxyl groups is 1. The van der Waals surface area contributed by atoms with E-state index in [-0.39, 0.29) is 17.1 Å². The first kappa shape index (κ1) is 22.4. The number of urea groups is 1. The quantitative estimate of drug-likeness (QED) is 0.654. The molecule has 2 aromatic rings. The molecule has 1 aromatic carbocycles. The molecule has 7 nitrogen and oxygen atoms in total. The fraction of sp³-hybridized carbons (Fsp3) is 0.421. The topological polar surface area (TPSA) is 96.2 Å². The second kappa shape index (κ2) is 8.24. The molecule has 0 radical (unpaired) electrons. The minimum atomic E-state index is -4.47. The van der Waals surface area contributed by atoms with Gasteiger partial charge in [0.2, 0.25) is 0 Å². The molecule has 2 rings (SSSR count). The first-order valence-corrected chi connectivity index (χ1v) is 8.77. The van der Waals surface area contributed by atoms with Gasteiger partial charge in [-0.1, -0.05) is 32.9 Å². The molecule has 0 aliphatic rings. The highest BCUT2D eigenvalue weighted by molar-refractivity contribution is 5.95. The maximum atomic E-state index is 12.9. The standard InChI is InChI=1S/C19H23F3N4O3/c1-18(2,3)15(11-5-7-12(8-6-11)19(20,21)22)26-16(24-17(29)23-4)13(9-27)14(10-28)25-26/h5-9,15,28H,10H2,1-4H3,(H2,23,24,29). The summed E-state index contributed by atoms with van der Waals surface area (Å²) in [6, 6.07) is 3.36. The van der Waals surface area contributed by atoms with Gasteiger partial charge in [0.05, 0.1) is 23.8 Å². The molecule has 0 fully saturated rings. The lowest BCUT2D eigenvalue weighted by Gasteiger charge is -2.33. The molecule has 3 N–H and O–H groups in total. The Bertz CT molecular complexity index is 884. The third-order valence-corrected chi connectivity index (χ3v) is 4.37. The molecule has 0 saturated carbocycles. The number of carbonyl (C=O) groups excluding carboxylic acids is 2. The van der Waals surface area contributed by atoms with E-state index >= 15 is 0 Å². The molecular weight excluding hydrogens is 389 g/mol. The van der Waals surface area contributed by atoms with Crippen molar-refractivity contribution in [3.05, 3.63) is 46.6 Å². The van der Waals surface area contributed by atoms with Gasteiger partial charge in [-0.15, -0.1) is 0 Å². The fourth-order valence-electron chi connectivity index (χ4n) is 3.08. The second-order valence-corrected chi connectivity index (χ2v) is 7.52. The van der Waals surface area contributed by atoms with Crippen LogP contribution in [0.1, 0.15) is 54.0 Å². The number of aldehydes is 1. The summed E-state index contributed by atoms with van der Waals surface area (Å²) in [4.78, 5) is 23.5. The summed E-state index contributed by atoms with van der Waals surface area (Å²) >= 11 is 0. The van der Waals surface area contributed by atoms with Gasteiger partial charge in [-0.25, -0.2) is 9.48 Å². The molecule has 0 bridgehead atoms. The van der Waals surface area contributed by atoms with E-state index in [1.807, 2.05) is 20.8 Å². The van der Waals surface area contributed by atoms with Crippen molar-refractivity contribution in [2.24, 2.45) is 5.41 Å². The second-order valence-electron chi connectivity index (χ2n) is 7.52. The molecule has 29 heavy (non-hydrogen) atoms. The summed E-state index contributed by atoms with van der Waals surface area (Å²) in [5, 5.41) is 18.7. The molecule has 1 atom stereocenters. The van der Waals surface area contributed by atoms with Gasteiger partial charge in [0.25, 0.3) is 0 Å². The van der Waals surface area contributed by atoms with Crippen molar-refractivity contribution in [2.75, 3.05) is 12.4 Å². The summed E-state index contributed by atoms with van der Waals surface area (Å²) in [6.45, 7) is 4.99. The average Bonchev–Trinajstić information content (AvgIpc) is 2.97. The van der Waals surface area contributed by atoms with Crippen molar-refractivity contribution < 1.29 is 27.9 Å². The fourth-order valence-corrected chi connectivity index (χ4v) is 3.08. The Kier molecular flexibility index (Phi) is 6.37. The van der Waals surface area contributed by atoms with Gasteiger partial charge in [0.15, 0.2) is 6.29 Å². The SMILES string of the molecule is CNC(=O)Nc1c(C=O)c(CO)nn1C(c1ccc(C(F)(F)F)cc1)C(C)(C)C. The number of amides is 2. The highest BCUT2D eigenvalue weighted by atomic mass is 19.4. The first-order chi connectivity index (χ1) is 13.4. The minimum absolute atomic E-state index is 0.00254. The van der Waals surface area contributed by atoms with E-state index in [4.69, 9.17) is 0 Å². The highest BCUT2D eigenvalue weighted by Crippen LogP contribution is 2.40. The number of nitrogens with zero attached hydrogens (tertiary/aromatic N) is 2. The summed E-state index contributed by atoms with van der Waals surface area (Å²) in [5.74, 6) is 0.0447. The number of benzene rings is 1. The lowest BCUT2D eigenvalue weighted by atomic mass is 9.82. The van der Waals surface area contributed by atoms with Crippen molar-refractivity contribution >= 4 is 18.1 Å². The Morgan fingerprint density at radius 1 is 1.24 bits per heavy atom. The molecule has 0 spiro atoms.